The number of carbonyl (C=O) groups excluding carboxylic acids is 1. The Morgan fingerprint density at radius 1 is 1.32 bits per heavy atom. The molecule has 0 atom stereocenters. The van der Waals surface area contributed by atoms with Crippen molar-refractivity contribution >= 4 is 12.3 Å². The molecule has 1 aromatic carbocycles. The van der Waals surface area contributed by atoms with E-state index < -0.39 is 6.09 Å². The lowest BCUT2D eigenvalue weighted by atomic mass is 10.1. The number of amides is 1. The largest absolute Gasteiger partial charge is 0.452 e. The van der Waals surface area contributed by atoms with Gasteiger partial charge in [0.05, 0.1) is 13.3 Å². The highest BCUT2D eigenvalue weighted by Crippen LogP contribution is 2.20. The number of ether oxygens (including phenoxy) is 1. The summed E-state index contributed by atoms with van der Waals surface area (Å²) in [6.07, 6.45) is 2.07. The lowest BCUT2D eigenvalue weighted by Gasteiger charge is -2.10. The second-order valence-electron chi connectivity index (χ2n) is 5.04. The Morgan fingerprint density at radius 3 is 2.59 bits per heavy atom. The maximum absolute atomic E-state index is 11.0. The van der Waals surface area contributed by atoms with Crippen LogP contribution in [0.5, 0.6) is 0 Å². The van der Waals surface area contributed by atoms with Crippen molar-refractivity contribution in [2.75, 3.05) is 7.11 Å². The van der Waals surface area contributed by atoms with Gasteiger partial charge in [0.2, 0.25) is 0 Å². The van der Waals surface area contributed by atoms with Gasteiger partial charge in [-0.1, -0.05) is 19.1 Å². The summed E-state index contributed by atoms with van der Waals surface area (Å²) in [6.45, 7) is 6.22. The highest BCUT2D eigenvalue weighted by atomic mass is 16.5. The van der Waals surface area contributed by atoms with Gasteiger partial charge in [-0.05, 0) is 44.0 Å². The molecule has 0 radical (unpaired) electrons. The molecular weight excluding hydrogens is 278 g/mol. The Kier molecular flexibility index (Phi) is 4.99. The van der Waals surface area contributed by atoms with Gasteiger partial charge < -0.3 is 9.30 Å². The first kappa shape index (κ1) is 15.8. The van der Waals surface area contributed by atoms with E-state index in [-0.39, 0.29) is 0 Å². The van der Waals surface area contributed by atoms with Crippen molar-refractivity contribution in [1.82, 2.24) is 9.99 Å². The molecule has 116 valence electrons. The molecule has 1 N–H and O–H groups in total. The van der Waals surface area contributed by atoms with E-state index in [2.05, 4.69) is 51.0 Å². The number of hydrazone groups is 1. The summed E-state index contributed by atoms with van der Waals surface area (Å²) >= 11 is 0. The van der Waals surface area contributed by atoms with Crippen molar-refractivity contribution in [2.24, 2.45) is 5.10 Å². The van der Waals surface area contributed by atoms with Gasteiger partial charge in [0.1, 0.15) is 0 Å². The molecule has 0 aliphatic heterocycles. The molecule has 0 fully saturated rings. The molecule has 0 bridgehead atoms. The number of hydrogen-bond acceptors (Lipinski definition) is 3. The highest BCUT2D eigenvalue weighted by Gasteiger charge is 2.09. The van der Waals surface area contributed by atoms with E-state index in [9.17, 15) is 4.79 Å². The Hall–Kier alpha value is -2.56. The SMILES string of the molecule is CCc1ccc(-n2c(C)cc(C=NNC(=O)OC)c2C)cc1. The molecule has 5 nitrogen and oxygen atoms in total. The molecule has 2 aromatic rings. The fraction of sp³-hybridized carbons (Fsp3) is 0.294. The molecule has 0 unspecified atom stereocenters. The number of aromatic nitrogens is 1. The maximum Gasteiger partial charge on any atom is 0.427 e. The Morgan fingerprint density at radius 2 is 2.00 bits per heavy atom. The van der Waals surface area contributed by atoms with Gasteiger partial charge in [-0.15, -0.1) is 0 Å². The topological polar surface area (TPSA) is 55.6 Å². The zero-order chi connectivity index (χ0) is 16.1. The third-order valence-electron chi connectivity index (χ3n) is 3.62. The first-order valence-electron chi connectivity index (χ1n) is 7.22. The minimum Gasteiger partial charge on any atom is -0.452 e. The van der Waals surface area contributed by atoms with Crippen LogP contribution in [0.1, 0.15) is 29.4 Å². The van der Waals surface area contributed by atoms with Crippen molar-refractivity contribution in [3.05, 3.63) is 52.8 Å². The van der Waals surface area contributed by atoms with Crippen molar-refractivity contribution < 1.29 is 9.53 Å². The zero-order valence-electron chi connectivity index (χ0n) is 13.4. The van der Waals surface area contributed by atoms with Gasteiger partial charge in [0.15, 0.2) is 0 Å². The van der Waals surface area contributed by atoms with Crippen molar-refractivity contribution in [2.45, 2.75) is 27.2 Å². The number of carbonyl (C=O) groups is 1. The van der Waals surface area contributed by atoms with Gasteiger partial charge in [-0.3, -0.25) is 0 Å². The molecule has 0 spiro atoms. The molecule has 1 amide bonds. The quantitative estimate of drug-likeness (QED) is 0.695. The number of aryl methyl sites for hydroxylation is 2. The Balaban J connectivity index is 2.28. The van der Waals surface area contributed by atoms with E-state index in [1.54, 1.807) is 6.21 Å². The standard InChI is InChI=1S/C17H21N3O2/c1-5-14-6-8-16(9-7-14)20-12(2)10-15(13(20)3)11-18-19-17(21)22-4/h6-11H,5H2,1-4H3,(H,19,21). The van der Waals surface area contributed by atoms with E-state index in [4.69, 9.17) is 0 Å². The second-order valence-corrected chi connectivity index (χ2v) is 5.04. The van der Waals surface area contributed by atoms with Crippen LogP contribution < -0.4 is 5.43 Å². The summed E-state index contributed by atoms with van der Waals surface area (Å²) in [5.74, 6) is 0. The van der Waals surface area contributed by atoms with E-state index in [0.29, 0.717) is 0 Å². The molecule has 0 saturated heterocycles. The number of rotatable bonds is 4. The zero-order valence-corrected chi connectivity index (χ0v) is 13.4. The number of nitrogens with zero attached hydrogens (tertiary/aromatic N) is 2. The normalized spacial score (nSPS) is 10.9. The number of methoxy groups -OCH3 is 1. The van der Waals surface area contributed by atoms with Crippen molar-refractivity contribution in [3.63, 3.8) is 0 Å². The Labute approximate surface area is 130 Å². The molecule has 1 aromatic heterocycles. The summed E-state index contributed by atoms with van der Waals surface area (Å²) in [5, 5.41) is 3.89. The second kappa shape index (κ2) is 6.93. The summed E-state index contributed by atoms with van der Waals surface area (Å²) in [7, 11) is 1.30. The molecule has 0 aliphatic rings. The number of benzene rings is 1. The van der Waals surface area contributed by atoms with Crippen LogP contribution in [0.25, 0.3) is 5.69 Å². The van der Waals surface area contributed by atoms with Crippen LogP contribution in [0.3, 0.4) is 0 Å². The van der Waals surface area contributed by atoms with Gasteiger partial charge in [0, 0.05) is 22.6 Å². The maximum atomic E-state index is 11.0. The Bertz CT molecular complexity index is 685. The van der Waals surface area contributed by atoms with Crippen LogP contribution in [0, 0.1) is 13.8 Å². The van der Waals surface area contributed by atoms with Gasteiger partial charge in [-0.25, -0.2) is 10.2 Å². The van der Waals surface area contributed by atoms with Gasteiger partial charge >= 0.3 is 6.09 Å². The molecule has 0 saturated carbocycles. The minimum absolute atomic E-state index is 0.583. The monoisotopic (exact) mass is 299 g/mol. The van der Waals surface area contributed by atoms with E-state index in [1.165, 1.54) is 12.7 Å². The minimum atomic E-state index is -0.583. The van der Waals surface area contributed by atoms with Crippen LogP contribution >= 0.6 is 0 Å². The lowest BCUT2D eigenvalue weighted by molar-refractivity contribution is 0.171. The van der Waals surface area contributed by atoms with E-state index in [0.717, 1.165) is 29.1 Å². The number of nitrogens with one attached hydrogen (secondary N) is 1. The predicted molar refractivity (Wildman–Crippen MR) is 87.8 cm³/mol. The first-order chi connectivity index (χ1) is 10.6. The van der Waals surface area contributed by atoms with E-state index >= 15 is 0 Å². The third kappa shape index (κ3) is 3.36. The summed E-state index contributed by atoms with van der Waals surface area (Å²) in [5.41, 5.74) is 7.86. The highest BCUT2D eigenvalue weighted by molar-refractivity contribution is 5.83. The number of hydrogen-bond donors (Lipinski definition) is 1. The summed E-state index contributed by atoms with van der Waals surface area (Å²) < 4.78 is 6.64. The van der Waals surface area contributed by atoms with Crippen LogP contribution in [0.15, 0.2) is 35.4 Å². The lowest BCUT2D eigenvalue weighted by Crippen LogP contribution is -2.16. The average Bonchev–Trinajstić information content (AvgIpc) is 2.81. The van der Waals surface area contributed by atoms with Crippen LogP contribution in [0.2, 0.25) is 0 Å². The molecule has 5 heteroatoms. The molecule has 1 heterocycles. The third-order valence-corrected chi connectivity index (χ3v) is 3.62. The molecule has 22 heavy (non-hydrogen) atoms. The molecule has 0 aliphatic carbocycles. The van der Waals surface area contributed by atoms with Crippen LogP contribution in [-0.2, 0) is 11.2 Å². The van der Waals surface area contributed by atoms with Gasteiger partial charge in [-0.2, -0.15) is 5.10 Å². The summed E-state index contributed by atoms with van der Waals surface area (Å²) in [6, 6.07) is 10.5. The van der Waals surface area contributed by atoms with Crippen LogP contribution in [-0.4, -0.2) is 24.0 Å². The molecular formula is C17H21N3O2. The molecule has 2 rings (SSSR count). The predicted octanol–water partition coefficient (Wildman–Crippen LogP) is 3.35. The van der Waals surface area contributed by atoms with Crippen molar-refractivity contribution in [1.29, 1.82) is 0 Å². The van der Waals surface area contributed by atoms with Crippen molar-refractivity contribution in [3.8, 4) is 5.69 Å². The summed E-state index contributed by atoms with van der Waals surface area (Å²) in [4.78, 5) is 11.0. The average molecular weight is 299 g/mol. The smallest absolute Gasteiger partial charge is 0.427 e. The van der Waals surface area contributed by atoms with E-state index in [1.807, 2.05) is 19.9 Å². The van der Waals surface area contributed by atoms with Crippen LogP contribution in [0.4, 0.5) is 4.79 Å². The first-order valence-corrected chi connectivity index (χ1v) is 7.22. The fourth-order valence-electron chi connectivity index (χ4n) is 2.40. The van der Waals surface area contributed by atoms with Gasteiger partial charge in [0.25, 0.3) is 0 Å². The fourth-order valence-corrected chi connectivity index (χ4v) is 2.40.